The third-order valence-electron chi connectivity index (χ3n) is 2.99. The Bertz CT molecular complexity index is 396. The summed E-state index contributed by atoms with van der Waals surface area (Å²) in [7, 11) is 0. The molecular weight excluding hydrogens is 222 g/mol. The maximum absolute atomic E-state index is 11.9. The Morgan fingerprint density at radius 3 is 2.88 bits per heavy atom. The zero-order chi connectivity index (χ0) is 11.8. The molecule has 0 bridgehead atoms. The van der Waals surface area contributed by atoms with Crippen LogP contribution in [0.25, 0.3) is 0 Å². The topological polar surface area (TPSA) is 68.0 Å². The van der Waals surface area contributed by atoms with E-state index in [0.717, 1.165) is 5.01 Å². The predicted molar refractivity (Wildman–Crippen MR) is 64.3 cm³/mol. The van der Waals surface area contributed by atoms with E-state index in [-0.39, 0.29) is 11.4 Å². The lowest BCUT2D eigenvalue weighted by Crippen LogP contribution is -2.45. The quantitative estimate of drug-likeness (QED) is 0.837. The molecule has 1 aliphatic carbocycles. The first-order valence-corrected chi connectivity index (χ1v) is 6.38. The molecule has 0 spiro atoms. The van der Waals surface area contributed by atoms with E-state index in [0.29, 0.717) is 18.2 Å². The zero-order valence-electron chi connectivity index (χ0n) is 9.62. The lowest BCUT2D eigenvalue weighted by atomic mass is 9.99. The van der Waals surface area contributed by atoms with Gasteiger partial charge in [-0.15, -0.1) is 11.3 Å². The molecule has 1 aromatic rings. The molecule has 88 valence electrons. The summed E-state index contributed by atoms with van der Waals surface area (Å²) in [6.07, 6.45) is 2.41. The standard InChI is InChI=1S/C11H17N3OS/c1-11(2,7-3-4-7)14-10(15)8-6-16-9(5-12)13-8/h6-7H,3-5,12H2,1-2H3,(H,14,15). The summed E-state index contributed by atoms with van der Waals surface area (Å²) in [6, 6.07) is 0. The summed E-state index contributed by atoms with van der Waals surface area (Å²) in [5.74, 6) is 0.525. The van der Waals surface area contributed by atoms with Crippen molar-refractivity contribution in [3.63, 3.8) is 0 Å². The van der Waals surface area contributed by atoms with E-state index in [1.165, 1.54) is 24.2 Å². The van der Waals surface area contributed by atoms with Crippen molar-refractivity contribution in [3.05, 3.63) is 16.1 Å². The van der Waals surface area contributed by atoms with Crippen molar-refractivity contribution in [3.8, 4) is 0 Å². The maximum Gasteiger partial charge on any atom is 0.271 e. The minimum Gasteiger partial charge on any atom is -0.346 e. The second kappa shape index (κ2) is 4.14. The van der Waals surface area contributed by atoms with Gasteiger partial charge < -0.3 is 11.1 Å². The van der Waals surface area contributed by atoms with Gasteiger partial charge in [0, 0.05) is 17.5 Å². The molecule has 16 heavy (non-hydrogen) atoms. The van der Waals surface area contributed by atoms with E-state index < -0.39 is 0 Å². The van der Waals surface area contributed by atoms with Crippen molar-refractivity contribution in [1.82, 2.24) is 10.3 Å². The fourth-order valence-electron chi connectivity index (χ4n) is 1.77. The monoisotopic (exact) mass is 239 g/mol. The average Bonchev–Trinajstić information content (AvgIpc) is 2.97. The first-order valence-electron chi connectivity index (χ1n) is 5.50. The van der Waals surface area contributed by atoms with Gasteiger partial charge in [-0.05, 0) is 32.6 Å². The first-order chi connectivity index (χ1) is 7.53. The highest BCUT2D eigenvalue weighted by atomic mass is 32.1. The van der Waals surface area contributed by atoms with Gasteiger partial charge in [-0.1, -0.05) is 0 Å². The smallest absolute Gasteiger partial charge is 0.271 e. The van der Waals surface area contributed by atoms with E-state index in [1.54, 1.807) is 5.38 Å². The molecule has 0 radical (unpaired) electrons. The molecule has 1 amide bonds. The van der Waals surface area contributed by atoms with Crippen molar-refractivity contribution >= 4 is 17.2 Å². The van der Waals surface area contributed by atoms with Crippen LogP contribution in [0.15, 0.2) is 5.38 Å². The Balaban J connectivity index is 2.02. The third-order valence-corrected chi connectivity index (χ3v) is 3.86. The summed E-state index contributed by atoms with van der Waals surface area (Å²) in [6.45, 7) is 4.53. The molecule has 0 aromatic carbocycles. The molecule has 5 heteroatoms. The highest BCUT2D eigenvalue weighted by Crippen LogP contribution is 2.39. The van der Waals surface area contributed by atoms with Crippen molar-refractivity contribution in [1.29, 1.82) is 0 Å². The predicted octanol–water partition coefficient (Wildman–Crippen LogP) is 1.52. The van der Waals surface area contributed by atoms with Crippen LogP contribution >= 0.6 is 11.3 Å². The van der Waals surface area contributed by atoms with Crippen LogP contribution < -0.4 is 11.1 Å². The Morgan fingerprint density at radius 2 is 2.38 bits per heavy atom. The number of rotatable bonds is 4. The summed E-state index contributed by atoms with van der Waals surface area (Å²) in [5.41, 5.74) is 5.83. The fourth-order valence-corrected chi connectivity index (χ4v) is 2.43. The van der Waals surface area contributed by atoms with Crippen LogP contribution in [-0.2, 0) is 6.54 Å². The van der Waals surface area contributed by atoms with Crippen molar-refractivity contribution < 1.29 is 4.79 Å². The van der Waals surface area contributed by atoms with Gasteiger partial charge in [0.15, 0.2) is 0 Å². The molecule has 4 nitrogen and oxygen atoms in total. The highest BCUT2D eigenvalue weighted by Gasteiger charge is 2.39. The van der Waals surface area contributed by atoms with E-state index >= 15 is 0 Å². The number of amides is 1. The van der Waals surface area contributed by atoms with Crippen LogP contribution in [-0.4, -0.2) is 16.4 Å². The number of hydrogen-bond acceptors (Lipinski definition) is 4. The summed E-state index contributed by atoms with van der Waals surface area (Å²) in [4.78, 5) is 16.1. The molecule has 1 fully saturated rings. The molecule has 0 saturated heterocycles. The zero-order valence-corrected chi connectivity index (χ0v) is 10.4. The molecule has 1 heterocycles. The third kappa shape index (κ3) is 2.41. The van der Waals surface area contributed by atoms with Gasteiger partial charge in [-0.2, -0.15) is 0 Å². The second-order valence-electron chi connectivity index (χ2n) is 4.78. The lowest BCUT2D eigenvalue weighted by molar-refractivity contribution is 0.0898. The van der Waals surface area contributed by atoms with Crippen LogP contribution in [0.2, 0.25) is 0 Å². The number of thiazole rings is 1. The van der Waals surface area contributed by atoms with E-state index in [9.17, 15) is 4.79 Å². The van der Waals surface area contributed by atoms with E-state index in [4.69, 9.17) is 5.73 Å². The minimum absolute atomic E-state index is 0.0900. The Hall–Kier alpha value is -0.940. The minimum atomic E-state index is -0.121. The molecular formula is C11H17N3OS. The highest BCUT2D eigenvalue weighted by molar-refractivity contribution is 7.09. The van der Waals surface area contributed by atoms with E-state index in [1.807, 2.05) is 0 Å². The Morgan fingerprint density at radius 1 is 1.69 bits per heavy atom. The van der Waals surface area contributed by atoms with E-state index in [2.05, 4.69) is 24.1 Å². The average molecular weight is 239 g/mol. The Kier molecular flexibility index (Phi) is 2.99. The molecule has 1 aliphatic rings. The fraction of sp³-hybridized carbons (Fsp3) is 0.636. The molecule has 3 N–H and O–H groups in total. The van der Waals surface area contributed by atoms with Crippen LogP contribution in [0.3, 0.4) is 0 Å². The largest absolute Gasteiger partial charge is 0.346 e. The van der Waals surface area contributed by atoms with Crippen LogP contribution in [0.4, 0.5) is 0 Å². The van der Waals surface area contributed by atoms with Gasteiger partial charge >= 0.3 is 0 Å². The van der Waals surface area contributed by atoms with Crippen LogP contribution in [0, 0.1) is 5.92 Å². The van der Waals surface area contributed by atoms with Gasteiger partial charge in [-0.25, -0.2) is 4.98 Å². The number of aromatic nitrogens is 1. The molecule has 1 aromatic heterocycles. The molecule has 0 atom stereocenters. The summed E-state index contributed by atoms with van der Waals surface area (Å²) < 4.78 is 0. The number of nitrogens with zero attached hydrogens (tertiary/aromatic N) is 1. The van der Waals surface area contributed by atoms with Crippen LogP contribution in [0.1, 0.15) is 42.2 Å². The van der Waals surface area contributed by atoms with Gasteiger partial charge in [0.2, 0.25) is 0 Å². The Labute approximate surface area is 99.3 Å². The summed E-state index contributed by atoms with van der Waals surface area (Å²) >= 11 is 1.43. The van der Waals surface area contributed by atoms with Crippen molar-refractivity contribution in [2.45, 2.75) is 38.8 Å². The maximum atomic E-state index is 11.9. The molecule has 2 rings (SSSR count). The van der Waals surface area contributed by atoms with Gasteiger partial charge in [0.05, 0.1) is 0 Å². The number of nitrogens with one attached hydrogen (secondary N) is 1. The normalized spacial score (nSPS) is 16.2. The molecule has 0 aliphatic heterocycles. The second-order valence-corrected chi connectivity index (χ2v) is 5.72. The molecule has 1 saturated carbocycles. The van der Waals surface area contributed by atoms with Gasteiger partial charge in [0.1, 0.15) is 10.7 Å². The van der Waals surface area contributed by atoms with Crippen molar-refractivity contribution in [2.24, 2.45) is 11.7 Å². The number of hydrogen-bond donors (Lipinski definition) is 2. The first kappa shape index (κ1) is 11.5. The SMILES string of the molecule is CC(C)(NC(=O)c1csc(CN)n1)C1CC1. The van der Waals surface area contributed by atoms with Crippen molar-refractivity contribution in [2.75, 3.05) is 0 Å². The van der Waals surface area contributed by atoms with Gasteiger partial charge in [-0.3, -0.25) is 4.79 Å². The summed E-state index contributed by atoms with van der Waals surface area (Å²) in [5, 5.41) is 5.60. The number of nitrogens with two attached hydrogens (primary N) is 1. The van der Waals surface area contributed by atoms with Gasteiger partial charge in [0.25, 0.3) is 5.91 Å². The number of carbonyl (C=O) groups excluding carboxylic acids is 1. The molecule has 0 unspecified atom stereocenters. The van der Waals surface area contributed by atoms with Crippen LogP contribution in [0.5, 0.6) is 0 Å². The lowest BCUT2D eigenvalue weighted by Gasteiger charge is -2.25. The number of carbonyl (C=O) groups is 1.